The van der Waals surface area contributed by atoms with Gasteiger partial charge >= 0.3 is 6.48 Å². The molecule has 0 heterocycles. The number of halogens is 2. The lowest BCUT2D eigenvalue weighted by Crippen LogP contribution is -2.20. The molecule has 0 N–H and O–H groups in total. The molecular weight excluding hydrogens is 227 g/mol. The molecule has 1 rings (SSSR count). The van der Waals surface area contributed by atoms with Gasteiger partial charge in [-0.3, -0.25) is 10.1 Å². The molecule has 7 heteroatoms. The van der Waals surface area contributed by atoms with E-state index in [1.165, 1.54) is 18.2 Å². The number of nitrogens with zero attached hydrogens (tertiary/aromatic N) is 2. The van der Waals surface area contributed by atoms with E-state index in [2.05, 4.69) is 4.74 Å². The predicted molar refractivity (Wildman–Crippen MR) is 48.7 cm³/mol. The summed E-state index contributed by atoms with van der Waals surface area (Å²) in [6, 6.07) is 5.73. The zero-order valence-corrected chi connectivity index (χ0v) is 7.94. The molecule has 0 aliphatic heterocycles. The lowest BCUT2D eigenvalue weighted by Gasteiger charge is -2.06. The number of ether oxygens (including phenoxy) is 1. The smallest absolute Gasteiger partial charge is 0.403 e. The average Bonchev–Trinajstić information content (AvgIpc) is 2.21. The minimum Gasteiger partial charge on any atom is -0.403 e. The van der Waals surface area contributed by atoms with Gasteiger partial charge in [-0.05, 0) is 12.1 Å². The van der Waals surface area contributed by atoms with E-state index in [0.717, 1.165) is 0 Å². The van der Waals surface area contributed by atoms with Gasteiger partial charge in [-0.2, -0.15) is 5.26 Å². The number of rotatable bonds is 3. The van der Waals surface area contributed by atoms with E-state index in [9.17, 15) is 14.5 Å². The second-order valence-electron chi connectivity index (χ2n) is 2.42. The summed E-state index contributed by atoms with van der Waals surface area (Å²) in [7, 11) is 0. The van der Waals surface area contributed by atoms with Crippen LogP contribution < -0.4 is 4.74 Å². The van der Waals surface area contributed by atoms with E-state index in [1.807, 2.05) is 0 Å². The SMILES string of the molecule is N#Cc1cccc(OC(F)[N+](=O)[O-])c1Cl. The molecule has 1 aromatic rings. The van der Waals surface area contributed by atoms with Gasteiger partial charge < -0.3 is 4.74 Å². The molecule has 1 atom stereocenters. The molecule has 0 bridgehead atoms. The van der Waals surface area contributed by atoms with Crippen LogP contribution in [-0.4, -0.2) is 11.4 Å². The molecule has 0 spiro atoms. The van der Waals surface area contributed by atoms with E-state index >= 15 is 0 Å². The molecule has 78 valence electrons. The van der Waals surface area contributed by atoms with E-state index < -0.39 is 11.4 Å². The van der Waals surface area contributed by atoms with Gasteiger partial charge in [0, 0.05) is 0 Å². The second-order valence-corrected chi connectivity index (χ2v) is 2.80. The van der Waals surface area contributed by atoms with Crippen LogP contribution in [0.15, 0.2) is 18.2 Å². The highest BCUT2D eigenvalue weighted by atomic mass is 35.5. The molecular formula is C8H4ClFN2O3. The molecule has 0 aliphatic rings. The van der Waals surface area contributed by atoms with E-state index in [-0.39, 0.29) is 16.3 Å². The first kappa shape index (κ1) is 11.2. The summed E-state index contributed by atoms with van der Waals surface area (Å²) >= 11 is 5.62. The molecule has 15 heavy (non-hydrogen) atoms. The van der Waals surface area contributed by atoms with Gasteiger partial charge in [0.05, 0.1) is 5.56 Å². The van der Waals surface area contributed by atoms with Gasteiger partial charge in [-0.1, -0.05) is 17.7 Å². The summed E-state index contributed by atoms with van der Waals surface area (Å²) in [5, 5.41) is 18.4. The molecule has 0 saturated carbocycles. The Morgan fingerprint density at radius 1 is 1.67 bits per heavy atom. The Balaban J connectivity index is 2.97. The van der Waals surface area contributed by atoms with Crippen molar-refractivity contribution in [1.29, 1.82) is 5.26 Å². The largest absolute Gasteiger partial charge is 0.509 e. The molecule has 1 aromatic carbocycles. The van der Waals surface area contributed by atoms with E-state index in [4.69, 9.17) is 16.9 Å². The monoisotopic (exact) mass is 230 g/mol. The van der Waals surface area contributed by atoms with Crippen LogP contribution in [0.2, 0.25) is 5.02 Å². The van der Waals surface area contributed by atoms with Gasteiger partial charge in [-0.25, -0.2) is 0 Å². The lowest BCUT2D eigenvalue weighted by molar-refractivity contribution is -0.596. The normalized spacial score (nSPS) is 11.5. The molecule has 1 unspecified atom stereocenters. The van der Waals surface area contributed by atoms with Crippen molar-refractivity contribution in [1.82, 2.24) is 0 Å². The fraction of sp³-hybridized carbons (Fsp3) is 0.125. The first-order valence-electron chi connectivity index (χ1n) is 3.69. The third-order valence-corrected chi connectivity index (χ3v) is 1.86. The number of nitro groups is 1. The first-order valence-corrected chi connectivity index (χ1v) is 4.07. The first-order chi connectivity index (χ1) is 7.06. The maximum atomic E-state index is 12.6. The summed E-state index contributed by atoms with van der Waals surface area (Å²) in [5.41, 5.74) is 0.0599. The van der Waals surface area contributed by atoms with Crippen LogP contribution in [0.25, 0.3) is 0 Å². The summed E-state index contributed by atoms with van der Waals surface area (Å²) in [5.74, 6) is -0.236. The Kier molecular flexibility index (Phi) is 3.42. The molecule has 0 saturated heterocycles. The number of benzene rings is 1. The van der Waals surface area contributed by atoms with Crippen LogP contribution in [0.5, 0.6) is 5.75 Å². The van der Waals surface area contributed by atoms with Crippen molar-refractivity contribution in [2.75, 3.05) is 0 Å². The maximum Gasteiger partial charge on any atom is 0.509 e. The number of hydrogen-bond acceptors (Lipinski definition) is 4. The Morgan fingerprint density at radius 3 is 2.87 bits per heavy atom. The van der Waals surface area contributed by atoms with Crippen LogP contribution in [-0.2, 0) is 0 Å². The molecule has 0 aliphatic carbocycles. The van der Waals surface area contributed by atoms with Crippen molar-refractivity contribution in [3.8, 4) is 11.8 Å². The van der Waals surface area contributed by atoms with Crippen LogP contribution in [0.4, 0.5) is 4.39 Å². The summed E-state index contributed by atoms with van der Waals surface area (Å²) < 4.78 is 16.9. The highest BCUT2D eigenvalue weighted by molar-refractivity contribution is 6.33. The Labute approximate surface area is 88.8 Å². The van der Waals surface area contributed by atoms with Crippen molar-refractivity contribution >= 4 is 11.6 Å². The van der Waals surface area contributed by atoms with E-state index in [0.29, 0.717) is 0 Å². The van der Waals surface area contributed by atoms with Gasteiger partial charge in [-0.15, -0.1) is 4.39 Å². The van der Waals surface area contributed by atoms with Crippen LogP contribution >= 0.6 is 11.6 Å². The van der Waals surface area contributed by atoms with Gasteiger partial charge in [0.15, 0.2) is 0 Å². The fourth-order valence-corrected chi connectivity index (χ4v) is 1.05. The minimum absolute atomic E-state index is 0.0599. The van der Waals surface area contributed by atoms with Gasteiger partial charge in [0.2, 0.25) is 0 Å². The Morgan fingerprint density at radius 2 is 2.33 bits per heavy atom. The van der Waals surface area contributed by atoms with Crippen LogP contribution in [0.1, 0.15) is 5.56 Å². The predicted octanol–water partition coefficient (Wildman–Crippen LogP) is 2.12. The summed E-state index contributed by atoms with van der Waals surface area (Å²) in [6.45, 7) is -2.70. The van der Waals surface area contributed by atoms with E-state index in [1.54, 1.807) is 6.07 Å². The third-order valence-electron chi connectivity index (χ3n) is 1.47. The maximum absolute atomic E-state index is 12.6. The van der Waals surface area contributed by atoms with Crippen LogP contribution in [0, 0.1) is 21.4 Å². The number of alkyl halides is 1. The third kappa shape index (κ3) is 2.54. The van der Waals surface area contributed by atoms with Crippen molar-refractivity contribution < 1.29 is 14.1 Å². The van der Waals surface area contributed by atoms with Crippen LogP contribution in [0.3, 0.4) is 0 Å². The highest BCUT2D eigenvalue weighted by Crippen LogP contribution is 2.28. The fourth-order valence-electron chi connectivity index (χ4n) is 0.836. The second kappa shape index (κ2) is 4.57. The highest BCUT2D eigenvalue weighted by Gasteiger charge is 2.21. The van der Waals surface area contributed by atoms with Gasteiger partial charge in [0.1, 0.15) is 21.8 Å². The molecule has 5 nitrogen and oxygen atoms in total. The topological polar surface area (TPSA) is 76.2 Å². The van der Waals surface area contributed by atoms with Gasteiger partial charge in [0.25, 0.3) is 0 Å². The standard InChI is InChI=1S/C8H4ClFN2O3/c9-7-5(4-11)2-1-3-6(7)15-8(10)12(13)14/h1-3,8H. The quantitative estimate of drug-likeness (QED) is 0.345. The molecule has 0 amide bonds. The molecule has 0 fully saturated rings. The summed E-state index contributed by atoms with van der Waals surface area (Å²) in [6.07, 6.45) is 0. The average molecular weight is 231 g/mol. The Hall–Kier alpha value is -1.87. The van der Waals surface area contributed by atoms with Crippen molar-refractivity contribution in [3.63, 3.8) is 0 Å². The van der Waals surface area contributed by atoms with Crippen molar-refractivity contribution in [2.24, 2.45) is 0 Å². The minimum atomic E-state index is -2.70. The molecule has 0 radical (unpaired) electrons. The number of nitriles is 1. The Bertz CT molecular complexity index is 432. The van der Waals surface area contributed by atoms with Crippen molar-refractivity contribution in [3.05, 3.63) is 38.9 Å². The number of hydrogen-bond donors (Lipinski definition) is 0. The summed E-state index contributed by atoms with van der Waals surface area (Å²) in [4.78, 5) is 8.71. The zero-order valence-electron chi connectivity index (χ0n) is 7.18. The molecule has 0 aromatic heterocycles. The lowest BCUT2D eigenvalue weighted by atomic mass is 10.2. The zero-order chi connectivity index (χ0) is 11.4. The van der Waals surface area contributed by atoms with Crippen molar-refractivity contribution in [2.45, 2.75) is 6.48 Å².